The first-order valence-corrected chi connectivity index (χ1v) is 13.1. The van der Waals surface area contributed by atoms with Crippen LogP contribution in [0.3, 0.4) is 0 Å². The lowest BCUT2D eigenvalue weighted by Crippen LogP contribution is -2.68. The molecule has 4 fully saturated rings. The molecule has 4 saturated carbocycles. The Bertz CT molecular complexity index is 658. The quantitative estimate of drug-likeness (QED) is 0.505. The minimum absolute atomic E-state index is 0.285. The first-order chi connectivity index (χ1) is 14.3. The number of hydrogen-bond donors (Lipinski definition) is 4. The van der Waals surface area contributed by atoms with Crippen LogP contribution >= 0.6 is 0 Å². The molecule has 4 rings (SSSR count). The van der Waals surface area contributed by atoms with Crippen LogP contribution in [0.1, 0.15) is 105 Å². The second-order valence-corrected chi connectivity index (χ2v) is 13.3. The Kier molecular flexibility index (Phi) is 6.16. The van der Waals surface area contributed by atoms with Crippen molar-refractivity contribution in [3.63, 3.8) is 0 Å². The van der Waals surface area contributed by atoms with Crippen molar-refractivity contribution in [2.45, 2.75) is 129 Å². The molecule has 4 N–H and O–H groups in total. The third-order valence-electron chi connectivity index (χ3n) is 11.0. The van der Waals surface area contributed by atoms with Crippen LogP contribution in [0.4, 0.5) is 0 Å². The van der Waals surface area contributed by atoms with Gasteiger partial charge in [-0.15, -0.1) is 0 Å². The minimum Gasteiger partial charge on any atom is -0.393 e. The van der Waals surface area contributed by atoms with Crippen LogP contribution in [0.2, 0.25) is 0 Å². The van der Waals surface area contributed by atoms with Crippen molar-refractivity contribution in [1.82, 2.24) is 0 Å². The molecule has 0 aromatic heterocycles. The molecule has 0 saturated heterocycles. The Morgan fingerprint density at radius 2 is 1.71 bits per heavy atom. The van der Waals surface area contributed by atoms with E-state index in [1.165, 1.54) is 25.7 Å². The van der Waals surface area contributed by atoms with Gasteiger partial charge in [-0.2, -0.15) is 0 Å². The van der Waals surface area contributed by atoms with Crippen molar-refractivity contribution >= 4 is 0 Å². The third kappa shape index (κ3) is 3.82. The number of rotatable bonds is 5. The summed E-state index contributed by atoms with van der Waals surface area (Å²) in [5, 5.41) is 43.1. The van der Waals surface area contributed by atoms with Gasteiger partial charge < -0.3 is 20.4 Å². The van der Waals surface area contributed by atoms with Crippen LogP contribution in [0.5, 0.6) is 0 Å². The van der Waals surface area contributed by atoms with E-state index in [4.69, 9.17) is 0 Å². The van der Waals surface area contributed by atoms with Crippen LogP contribution < -0.4 is 0 Å². The molecule has 4 heteroatoms. The van der Waals surface area contributed by atoms with Crippen LogP contribution in [0, 0.1) is 40.4 Å². The van der Waals surface area contributed by atoms with Crippen molar-refractivity contribution < 1.29 is 20.4 Å². The average molecular weight is 437 g/mol. The van der Waals surface area contributed by atoms with Gasteiger partial charge in [0, 0.05) is 11.8 Å². The van der Waals surface area contributed by atoms with E-state index >= 15 is 0 Å². The van der Waals surface area contributed by atoms with Gasteiger partial charge in [0.2, 0.25) is 0 Å². The van der Waals surface area contributed by atoms with Crippen molar-refractivity contribution in [1.29, 1.82) is 0 Å². The average Bonchev–Trinajstić information content (AvgIpc) is 3.01. The summed E-state index contributed by atoms with van der Waals surface area (Å²) in [6.07, 6.45) is 9.42. The zero-order valence-corrected chi connectivity index (χ0v) is 20.6. The lowest BCUT2D eigenvalue weighted by molar-refractivity contribution is -0.264. The molecule has 31 heavy (non-hydrogen) atoms. The maximum absolute atomic E-state index is 11.6. The lowest BCUT2D eigenvalue weighted by atomic mass is 9.42. The van der Waals surface area contributed by atoms with Crippen molar-refractivity contribution in [3.05, 3.63) is 0 Å². The molecule has 0 aromatic rings. The van der Waals surface area contributed by atoms with Crippen LogP contribution in [0.25, 0.3) is 0 Å². The number of aliphatic hydroxyl groups excluding tert-OH is 2. The van der Waals surface area contributed by atoms with Crippen LogP contribution in [-0.4, -0.2) is 43.8 Å². The Labute approximate surface area is 189 Å². The van der Waals surface area contributed by atoms with Gasteiger partial charge in [0.1, 0.15) is 0 Å². The van der Waals surface area contributed by atoms with E-state index in [0.29, 0.717) is 41.9 Å². The van der Waals surface area contributed by atoms with E-state index in [-0.39, 0.29) is 5.41 Å². The van der Waals surface area contributed by atoms with Gasteiger partial charge >= 0.3 is 0 Å². The molecule has 0 amide bonds. The smallest absolute Gasteiger partial charge is 0.0985 e. The third-order valence-corrected chi connectivity index (χ3v) is 11.0. The molecule has 10 atom stereocenters. The predicted octanol–water partition coefficient (Wildman–Crippen LogP) is 4.67. The van der Waals surface area contributed by atoms with Crippen molar-refractivity contribution in [2.24, 2.45) is 40.4 Å². The van der Waals surface area contributed by atoms with E-state index in [2.05, 4.69) is 20.8 Å². The first kappa shape index (κ1) is 24.0. The molecule has 0 spiro atoms. The van der Waals surface area contributed by atoms with Crippen LogP contribution in [0.15, 0.2) is 0 Å². The molecule has 0 heterocycles. The molecule has 0 aromatic carbocycles. The largest absolute Gasteiger partial charge is 0.393 e. The van der Waals surface area contributed by atoms with Gasteiger partial charge in [-0.05, 0) is 100 Å². The minimum atomic E-state index is -1.14. The Morgan fingerprint density at radius 1 is 1.00 bits per heavy atom. The molecule has 4 aliphatic carbocycles. The van der Waals surface area contributed by atoms with Gasteiger partial charge in [0.05, 0.1) is 23.4 Å². The summed E-state index contributed by atoms with van der Waals surface area (Å²) < 4.78 is 0. The fourth-order valence-electron chi connectivity index (χ4n) is 9.29. The molecule has 4 aliphatic rings. The van der Waals surface area contributed by atoms with Gasteiger partial charge in [-0.1, -0.05) is 33.6 Å². The fraction of sp³-hybridized carbons (Fsp3) is 1.00. The second-order valence-electron chi connectivity index (χ2n) is 13.3. The normalized spacial score (nSPS) is 51.0. The monoisotopic (exact) mass is 436 g/mol. The summed E-state index contributed by atoms with van der Waals surface area (Å²) in [6, 6.07) is 0. The van der Waals surface area contributed by atoms with Gasteiger partial charge in [-0.3, -0.25) is 0 Å². The highest BCUT2D eigenvalue weighted by Crippen LogP contribution is 2.69. The molecular formula is C27H48O4. The molecule has 0 bridgehead atoms. The molecule has 3 unspecified atom stereocenters. The number of aliphatic hydroxyl groups is 4. The molecule has 0 aliphatic heterocycles. The fourth-order valence-corrected chi connectivity index (χ4v) is 9.29. The highest BCUT2D eigenvalue weighted by molar-refractivity contribution is 5.17. The summed E-state index contributed by atoms with van der Waals surface area (Å²) in [6.45, 7) is 11.0. The van der Waals surface area contributed by atoms with E-state index in [1.807, 2.05) is 13.8 Å². The van der Waals surface area contributed by atoms with Gasteiger partial charge in [0.15, 0.2) is 0 Å². The number of hydrogen-bond acceptors (Lipinski definition) is 4. The molecule has 0 radical (unpaired) electrons. The maximum atomic E-state index is 11.6. The topological polar surface area (TPSA) is 80.9 Å². The van der Waals surface area contributed by atoms with Gasteiger partial charge in [-0.25, -0.2) is 0 Å². The van der Waals surface area contributed by atoms with E-state index in [9.17, 15) is 20.4 Å². The summed E-state index contributed by atoms with van der Waals surface area (Å²) >= 11 is 0. The Balaban J connectivity index is 1.51. The zero-order chi connectivity index (χ0) is 22.8. The Morgan fingerprint density at radius 3 is 2.39 bits per heavy atom. The Hall–Kier alpha value is -0.160. The van der Waals surface area contributed by atoms with E-state index in [0.717, 1.165) is 38.0 Å². The van der Waals surface area contributed by atoms with Crippen molar-refractivity contribution in [2.75, 3.05) is 0 Å². The van der Waals surface area contributed by atoms with E-state index in [1.54, 1.807) is 0 Å². The molecule has 4 nitrogen and oxygen atoms in total. The van der Waals surface area contributed by atoms with Gasteiger partial charge in [0.25, 0.3) is 0 Å². The van der Waals surface area contributed by atoms with Crippen molar-refractivity contribution in [3.8, 4) is 0 Å². The standard InChI is InChI=1S/C27H48O4/c1-17(7-6-12-24(2,3)30)20-8-9-21-19-15-23(29)27(31)16-18(28)10-14-26(27,5)22(19)11-13-25(20,21)4/h17-23,28-31H,6-16H2,1-5H3/t17?,18-,19-,20+,21-,22-,23?,25+,26+,27?/m0/s1. The van der Waals surface area contributed by atoms with Crippen LogP contribution in [-0.2, 0) is 0 Å². The summed E-state index contributed by atoms with van der Waals surface area (Å²) in [7, 11) is 0. The molecular weight excluding hydrogens is 388 g/mol. The summed E-state index contributed by atoms with van der Waals surface area (Å²) in [4.78, 5) is 0. The predicted molar refractivity (Wildman–Crippen MR) is 123 cm³/mol. The zero-order valence-electron chi connectivity index (χ0n) is 20.6. The summed E-state index contributed by atoms with van der Waals surface area (Å²) in [5.41, 5.74) is -1.67. The number of fused-ring (bicyclic) bond motifs is 5. The maximum Gasteiger partial charge on any atom is 0.0985 e. The lowest BCUT2D eigenvalue weighted by Gasteiger charge is -2.65. The summed E-state index contributed by atoms with van der Waals surface area (Å²) in [5.74, 6) is 2.97. The highest BCUT2D eigenvalue weighted by Gasteiger charge is 2.67. The SMILES string of the molecule is CC(CCCC(C)(C)O)[C@H]1CC[C@H]2[C@@H]3CC(O)C4(O)C[C@@H](O)CC[C@]4(C)[C@H]3CC[C@]12C. The second kappa shape index (κ2) is 7.96. The van der Waals surface area contributed by atoms with E-state index < -0.39 is 23.4 Å². The first-order valence-electron chi connectivity index (χ1n) is 13.1. The molecule has 180 valence electrons. The highest BCUT2D eigenvalue weighted by atomic mass is 16.3.